The molecular formula is C11H11BrO2. The largest absolute Gasteiger partial charge is 0.478 e. The molecule has 0 radical (unpaired) electrons. The maximum atomic E-state index is 10.8. The standard InChI is InChI=1S/C11H11BrO2/c12-8-4-3-6-9-5-1-2-7-10(9)11(13)14/h1-3,5-7H,4,8H2,(H,13,14). The SMILES string of the molecule is O=C(O)c1ccccc1C=CCCBr. The molecule has 0 aliphatic carbocycles. The van der Waals surface area contributed by atoms with Crippen LogP contribution in [-0.4, -0.2) is 16.4 Å². The smallest absolute Gasteiger partial charge is 0.336 e. The Bertz CT molecular complexity index is 345. The van der Waals surface area contributed by atoms with Gasteiger partial charge in [-0.3, -0.25) is 0 Å². The summed E-state index contributed by atoms with van der Waals surface area (Å²) in [7, 11) is 0. The van der Waals surface area contributed by atoms with Gasteiger partial charge in [-0.05, 0) is 18.1 Å². The highest BCUT2D eigenvalue weighted by atomic mass is 79.9. The summed E-state index contributed by atoms with van der Waals surface area (Å²) in [5.41, 5.74) is 1.10. The highest BCUT2D eigenvalue weighted by molar-refractivity contribution is 9.09. The minimum Gasteiger partial charge on any atom is -0.478 e. The van der Waals surface area contributed by atoms with Crippen molar-refractivity contribution in [3.8, 4) is 0 Å². The predicted molar refractivity (Wildman–Crippen MR) is 60.8 cm³/mol. The highest BCUT2D eigenvalue weighted by Crippen LogP contribution is 2.11. The molecule has 3 heteroatoms. The van der Waals surface area contributed by atoms with Crippen LogP contribution < -0.4 is 0 Å². The lowest BCUT2D eigenvalue weighted by Crippen LogP contribution is -1.98. The Morgan fingerprint density at radius 1 is 1.43 bits per heavy atom. The molecule has 1 N–H and O–H groups in total. The number of alkyl halides is 1. The van der Waals surface area contributed by atoms with Crippen LogP contribution in [0.2, 0.25) is 0 Å². The van der Waals surface area contributed by atoms with Gasteiger partial charge in [0.2, 0.25) is 0 Å². The number of allylic oxidation sites excluding steroid dienone is 1. The van der Waals surface area contributed by atoms with E-state index in [9.17, 15) is 4.79 Å². The van der Waals surface area contributed by atoms with Crippen molar-refractivity contribution < 1.29 is 9.90 Å². The average molecular weight is 255 g/mol. The van der Waals surface area contributed by atoms with Crippen LogP contribution >= 0.6 is 15.9 Å². The van der Waals surface area contributed by atoms with Gasteiger partial charge in [-0.1, -0.05) is 46.3 Å². The van der Waals surface area contributed by atoms with Crippen LogP contribution in [0.15, 0.2) is 30.3 Å². The van der Waals surface area contributed by atoms with E-state index >= 15 is 0 Å². The zero-order chi connectivity index (χ0) is 10.4. The summed E-state index contributed by atoms with van der Waals surface area (Å²) in [5, 5.41) is 9.77. The zero-order valence-electron chi connectivity index (χ0n) is 7.61. The molecule has 2 nitrogen and oxygen atoms in total. The fourth-order valence-corrected chi connectivity index (χ4v) is 1.37. The molecule has 0 bridgehead atoms. The molecule has 0 aromatic heterocycles. The van der Waals surface area contributed by atoms with Gasteiger partial charge in [0.25, 0.3) is 0 Å². The fourth-order valence-electron chi connectivity index (χ4n) is 1.11. The molecule has 1 rings (SSSR count). The third-order valence-corrected chi connectivity index (χ3v) is 2.22. The van der Waals surface area contributed by atoms with Crippen LogP contribution in [0, 0.1) is 0 Å². The summed E-state index contributed by atoms with van der Waals surface area (Å²) < 4.78 is 0. The highest BCUT2D eigenvalue weighted by Gasteiger charge is 2.05. The second-order valence-electron chi connectivity index (χ2n) is 2.77. The van der Waals surface area contributed by atoms with Crippen molar-refractivity contribution in [2.24, 2.45) is 0 Å². The number of carboxylic acids is 1. The molecule has 0 saturated carbocycles. The molecular weight excluding hydrogens is 244 g/mol. The van der Waals surface area contributed by atoms with Crippen molar-refractivity contribution >= 4 is 28.0 Å². The Balaban J connectivity index is 2.90. The Kier molecular flexibility index (Phi) is 4.40. The Morgan fingerprint density at radius 2 is 2.14 bits per heavy atom. The number of rotatable bonds is 4. The molecule has 0 atom stereocenters. The first-order chi connectivity index (χ1) is 6.75. The molecule has 0 aliphatic heterocycles. The van der Waals surface area contributed by atoms with Crippen molar-refractivity contribution in [2.75, 3.05) is 5.33 Å². The van der Waals surface area contributed by atoms with Crippen molar-refractivity contribution in [1.82, 2.24) is 0 Å². The number of hydrogen-bond donors (Lipinski definition) is 1. The van der Waals surface area contributed by atoms with Gasteiger partial charge in [0.1, 0.15) is 0 Å². The first-order valence-electron chi connectivity index (χ1n) is 4.30. The quantitative estimate of drug-likeness (QED) is 0.839. The fraction of sp³-hybridized carbons (Fsp3) is 0.182. The van der Waals surface area contributed by atoms with Crippen LogP contribution in [-0.2, 0) is 0 Å². The summed E-state index contributed by atoms with van der Waals surface area (Å²) in [6, 6.07) is 6.97. The first kappa shape index (κ1) is 11.0. The molecule has 74 valence electrons. The van der Waals surface area contributed by atoms with Crippen LogP contribution in [0.4, 0.5) is 0 Å². The van der Waals surface area contributed by atoms with Crippen molar-refractivity contribution in [2.45, 2.75) is 6.42 Å². The van der Waals surface area contributed by atoms with Gasteiger partial charge in [0, 0.05) is 5.33 Å². The molecule has 14 heavy (non-hydrogen) atoms. The number of benzene rings is 1. The second-order valence-corrected chi connectivity index (χ2v) is 3.57. The zero-order valence-corrected chi connectivity index (χ0v) is 9.20. The minimum absolute atomic E-state index is 0.346. The van der Waals surface area contributed by atoms with E-state index in [1.165, 1.54) is 0 Å². The average Bonchev–Trinajstić information content (AvgIpc) is 2.19. The van der Waals surface area contributed by atoms with E-state index in [1.807, 2.05) is 18.2 Å². The molecule has 0 heterocycles. The van der Waals surface area contributed by atoms with E-state index in [1.54, 1.807) is 18.2 Å². The van der Waals surface area contributed by atoms with Crippen LogP contribution in [0.5, 0.6) is 0 Å². The summed E-state index contributed by atoms with van der Waals surface area (Å²) in [5.74, 6) is -0.885. The van der Waals surface area contributed by atoms with Gasteiger partial charge >= 0.3 is 5.97 Å². The second kappa shape index (κ2) is 5.60. The Morgan fingerprint density at radius 3 is 2.79 bits per heavy atom. The molecule has 1 aromatic carbocycles. The molecule has 0 aliphatic rings. The van der Waals surface area contributed by atoms with E-state index in [0.29, 0.717) is 5.56 Å². The van der Waals surface area contributed by atoms with E-state index in [2.05, 4.69) is 15.9 Å². The van der Waals surface area contributed by atoms with E-state index < -0.39 is 5.97 Å². The lowest BCUT2D eigenvalue weighted by Gasteiger charge is -1.99. The van der Waals surface area contributed by atoms with Crippen LogP contribution in [0.25, 0.3) is 6.08 Å². The number of halogens is 1. The normalized spacial score (nSPS) is 10.6. The minimum atomic E-state index is -0.885. The summed E-state index contributed by atoms with van der Waals surface area (Å²) in [6.07, 6.45) is 4.69. The maximum Gasteiger partial charge on any atom is 0.336 e. The van der Waals surface area contributed by atoms with E-state index in [-0.39, 0.29) is 0 Å². The van der Waals surface area contributed by atoms with Gasteiger partial charge in [-0.25, -0.2) is 4.79 Å². The summed E-state index contributed by atoms with van der Waals surface area (Å²) in [6.45, 7) is 0. The van der Waals surface area contributed by atoms with Crippen molar-refractivity contribution in [3.05, 3.63) is 41.5 Å². The number of aromatic carboxylic acids is 1. The topological polar surface area (TPSA) is 37.3 Å². The molecule has 0 saturated heterocycles. The Labute approximate surface area is 91.4 Å². The number of carboxylic acid groups (broad SMARTS) is 1. The van der Waals surface area contributed by atoms with Gasteiger partial charge in [-0.2, -0.15) is 0 Å². The lowest BCUT2D eigenvalue weighted by atomic mass is 10.1. The van der Waals surface area contributed by atoms with Crippen LogP contribution in [0.3, 0.4) is 0 Å². The number of carbonyl (C=O) groups is 1. The monoisotopic (exact) mass is 254 g/mol. The molecule has 1 aromatic rings. The van der Waals surface area contributed by atoms with Crippen molar-refractivity contribution in [3.63, 3.8) is 0 Å². The van der Waals surface area contributed by atoms with Gasteiger partial charge in [-0.15, -0.1) is 0 Å². The van der Waals surface area contributed by atoms with Gasteiger partial charge < -0.3 is 5.11 Å². The van der Waals surface area contributed by atoms with Gasteiger partial charge in [0.05, 0.1) is 5.56 Å². The molecule has 0 unspecified atom stereocenters. The summed E-state index contributed by atoms with van der Waals surface area (Å²) in [4.78, 5) is 10.8. The third-order valence-electron chi connectivity index (χ3n) is 1.76. The lowest BCUT2D eigenvalue weighted by molar-refractivity contribution is 0.0696. The Hall–Kier alpha value is -1.09. The first-order valence-corrected chi connectivity index (χ1v) is 5.42. The van der Waals surface area contributed by atoms with E-state index in [4.69, 9.17) is 5.11 Å². The van der Waals surface area contributed by atoms with E-state index in [0.717, 1.165) is 17.3 Å². The van der Waals surface area contributed by atoms with Gasteiger partial charge in [0.15, 0.2) is 0 Å². The molecule has 0 amide bonds. The van der Waals surface area contributed by atoms with Crippen molar-refractivity contribution in [1.29, 1.82) is 0 Å². The number of hydrogen-bond acceptors (Lipinski definition) is 1. The maximum absolute atomic E-state index is 10.8. The molecule has 0 fully saturated rings. The molecule has 0 spiro atoms. The van der Waals surface area contributed by atoms with Crippen LogP contribution in [0.1, 0.15) is 22.3 Å². The third kappa shape index (κ3) is 3.00. The summed E-state index contributed by atoms with van der Waals surface area (Å²) >= 11 is 3.30. The predicted octanol–water partition coefficient (Wildman–Crippen LogP) is 3.18.